The Labute approximate surface area is 164 Å². The van der Waals surface area contributed by atoms with E-state index >= 15 is 0 Å². The first-order valence-corrected chi connectivity index (χ1v) is 12.2. The van der Waals surface area contributed by atoms with Crippen molar-refractivity contribution in [3.8, 4) is 6.07 Å². The summed E-state index contributed by atoms with van der Waals surface area (Å²) in [5.74, 6) is 3.39. The predicted molar refractivity (Wildman–Crippen MR) is 113 cm³/mol. The van der Waals surface area contributed by atoms with Gasteiger partial charge in [0.2, 0.25) is 0 Å². The van der Waals surface area contributed by atoms with Gasteiger partial charge in [0.15, 0.2) is 0 Å². The molecule has 2 fully saturated rings. The van der Waals surface area contributed by atoms with Crippen molar-refractivity contribution < 1.29 is 0 Å². The summed E-state index contributed by atoms with van der Waals surface area (Å²) in [5, 5.41) is 9.02. The zero-order valence-corrected chi connectivity index (χ0v) is 17.7. The van der Waals surface area contributed by atoms with E-state index < -0.39 is 0 Å². The number of unbranched alkanes of at least 4 members (excludes halogenated alkanes) is 7. The first kappa shape index (κ1) is 21.8. The van der Waals surface area contributed by atoms with E-state index in [1.54, 1.807) is 0 Å². The highest BCUT2D eigenvalue weighted by Gasteiger charge is 2.24. The van der Waals surface area contributed by atoms with Crippen LogP contribution in [0.4, 0.5) is 0 Å². The molecule has 0 aromatic heterocycles. The van der Waals surface area contributed by atoms with Gasteiger partial charge in [-0.15, -0.1) is 0 Å². The van der Waals surface area contributed by atoms with Crippen LogP contribution in [0, 0.1) is 35.0 Å². The van der Waals surface area contributed by atoms with Gasteiger partial charge in [0.05, 0.1) is 6.07 Å². The van der Waals surface area contributed by atoms with E-state index in [0.29, 0.717) is 5.92 Å². The minimum atomic E-state index is 0.373. The van der Waals surface area contributed by atoms with E-state index in [1.807, 2.05) is 0 Å². The van der Waals surface area contributed by atoms with Crippen molar-refractivity contribution in [1.82, 2.24) is 0 Å². The van der Waals surface area contributed by atoms with Crippen LogP contribution in [0.5, 0.6) is 0 Å². The van der Waals surface area contributed by atoms with Crippen LogP contribution in [0.3, 0.4) is 0 Å². The molecule has 0 amide bonds. The molecular formula is C25H45N. The fourth-order valence-electron chi connectivity index (χ4n) is 5.43. The molecule has 2 rings (SSSR count). The van der Waals surface area contributed by atoms with Crippen molar-refractivity contribution in [2.45, 2.75) is 129 Å². The van der Waals surface area contributed by atoms with Gasteiger partial charge in [-0.3, -0.25) is 0 Å². The summed E-state index contributed by atoms with van der Waals surface area (Å²) >= 11 is 0. The lowest BCUT2D eigenvalue weighted by molar-refractivity contribution is 0.220. The van der Waals surface area contributed by atoms with Gasteiger partial charge in [-0.25, -0.2) is 0 Å². The fraction of sp³-hybridized carbons (Fsp3) is 0.960. The molecule has 0 N–H and O–H groups in total. The van der Waals surface area contributed by atoms with E-state index in [1.165, 1.54) is 122 Å². The van der Waals surface area contributed by atoms with E-state index in [9.17, 15) is 0 Å². The molecule has 0 spiro atoms. The highest BCUT2D eigenvalue weighted by atomic mass is 14.3. The first-order chi connectivity index (χ1) is 12.8. The third-order valence-corrected chi connectivity index (χ3v) is 7.44. The van der Waals surface area contributed by atoms with Crippen molar-refractivity contribution in [3.63, 3.8) is 0 Å². The van der Waals surface area contributed by atoms with Gasteiger partial charge in [-0.2, -0.15) is 5.26 Å². The van der Waals surface area contributed by atoms with Crippen molar-refractivity contribution >= 4 is 0 Å². The normalized spacial score (nSPS) is 29.4. The van der Waals surface area contributed by atoms with Crippen LogP contribution in [-0.4, -0.2) is 0 Å². The second kappa shape index (κ2) is 13.6. The minimum Gasteiger partial charge on any atom is -0.198 e. The SMILES string of the molecule is CCCCCCCCCCC1CCC(CCC2CCC(C#N)CC2)CC1. The molecule has 1 nitrogen and oxygen atoms in total. The summed E-state index contributed by atoms with van der Waals surface area (Å²) in [6.45, 7) is 2.30. The maximum absolute atomic E-state index is 9.02. The van der Waals surface area contributed by atoms with Gasteiger partial charge < -0.3 is 0 Å². The molecule has 2 aliphatic carbocycles. The van der Waals surface area contributed by atoms with Crippen LogP contribution in [0.25, 0.3) is 0 Å². The van der Waals surface area contributed by atoms with Crippen molar-refractivity contribution in [2.75, 3.05) is 0 Å². The van der Waals surface area contributed by atoms with Gasteiger partial charge in [-0.05, 0) is 43.4 Å². The Hall–Kier alpha value is -0.510. The summed E-state index contributed by atoms with van der Waals surface area (Å²) in [6, 6.07) is 2.47. The molecule has 0 unspecified atom stereocenters. The topological polar surface area (TPSA) is 23.8 Å². The third kappa shape index (κ3) is 8.92. The van der Waals surface area contributed by atoms with Crippen molar-refractivity contribution in [2.24, 2.45) is 23.7 Å². The highest BCUT2D eigenvalue weighted by Crippen LogP contribution is 2.37. The second-order valence-electron chi connectivity index (χ2n) is 9.57. The summed E-state index contributed by atoms with van der Waals surface area (Å²) in [5.41, 5.74) is 0. The van der Waals surface area contributed by atoms with Gasteiger partial charge in [-0.1, -0.05) is 103 Å². The van der Waals surface area contributed by atoms with Crippen LogP contribution in [0.15, 0.2) is 0 Å². The summed E-state index contributed by atoms with van der Waals surface area (Å²) < 4.78 is 0. The molecule has 0 radical (unpaired) electrons. The highest BCUT2D eigenvalue weighted by molar-refractivity contribution is 4.87. The van der Waals surface area contributed by atoms with E-state index in [0.717, 1.165) is 17.8 Å². The Kier molecular flexibility index (Phi) is 11.4. The molecular weight excluding hydrogens is 314 g/mol. The number of nitriles is 1. The maximum atomic E-state index is 9.02. The summed E-state index contributed by atoms with van der Waals surface area (Å²) in [4.78, 5) is 0. The predicted octanol–water partition coefficient (Wildman–Crippen LogP) is 8.43. The number of hydrogen-bond donors (Lipinski definition) is 0. The Morgan fingerprint density at radius 3 is 1.50 bits per heavy atom. The minimum absolute atomic E-state index is 0.373. The van der Waals surface area contributed by atoms with E-state index in [4.69, 9.17) is 5.26 Å². The van der Waals surface area contributed by atoms with Gasteiger partial charge in [0.1, 0.15) is 0 Å². The smallest absolute Gasteiger partial charge is 0.0655 e. The Balaban J connectivity index is 1.42. The molecule has 2 saturated carbocycles. The third-order valence-electron chi connectivity index (χ3n) is 7.44. The Morgan fingerprint density at radius 2 is 1.00 bits per heavy atom. The maximum Gasteiger partial charge on any atom is 0.0655 e. The number of hydrogen-bond acceptors (Lipinski definition) is 1. The summed E-state index contributed by atoms with van der Waals surface area (Å²) in [7, 11) is 0. The summed E-state index contributed by atoms with van der Waals surface area (Å²) in [6.07, 6.45) is 27.1. The Morgan fingerprint density at radius 1 is 0.577 bits per heavy atom. The zero-order chi connectivity index (χ0) is 18.5. The lowest BCUT2D eigenvalue weighted by atomic mass is 9.75. The molecule has 0 bridgehead atoms. The van der Waals surface area contributed by atoms with Crippen LogP contribution in [0.1, 0.15) is 129 Å². The second-order valence-corrected chi connectivity index (χ2v) is 9.57. The lowest BCUT2D eigenvalue weighted by Gasteiger charge is -2.31. The lowest BCUT2D eigenvalue weighted by Crippen LogP contribution is -2.17. The molecule has 0 aromatic rings. The number of rotatable bonds is 12. The fourth-order valence-corrected chi connectivity index (χ4v) is 5.43. The molecule has 2 aliphatic rings. The van der Waals surface area contributed by atoms with E-state index in [2.05, 4.69) is 13.0 Å². The molecule has 0 atom stereocenters. The van der Waals surface area contributed by atoms with Gasteiger partial charge in [0.25, 0.3) is 0 Å². The quantitative estimate of drug-likeness (QED) is 0.321. The molecule has 26 heavy (non-hydrogen) atoms. The van der Waals surface area contributed by atoms with E-state index in [-0.39, 0.29) is 0 Å². The van der Waals surface area contributed by atoms with Crippen molar-refractivity contribution in [3.05, 3.63) is 0 Å². The van der Waals surface area contributed by atoms with Crippen LogP contribution >= 0.6 is 0 Å². The Bertz CT molecular complexity index is 366. The van der Waals surface area contributed by atoms with Crippen molar-refractivity contribution in [1.29, 1.82) is 5.26 Å². The van der Waals surface area contributed by atoms with Crippen LogP contribution in [0.2, 0.25) is 0 Å². The molecule has 150 valence electrons. The molecule has 0 aromatic carbocycles. The first-order valence-electron chi connectivity index (χ1n) is 12.2. The average molecular weight is 360 g/mol. The van der Waals surface area contributed by atoms with Gasteiger partial charge in [0, 0.05) is 5.92 Å². The number of nitrogens with zero attached hydrogens (tertiary/aromatic N) is 1. The standard InChI is InChI=1S/C25H45N/c1-2-3-4-5-6-7-8-9-10-22-11-13-23(14-12-22)15-16-24-17-19-25(21-26)20-18-24/h22-25H,2-20H2,1H3. The van der Waals surface area contributed by atoms with Crippen LogP contribution in [-0.2, 0) is 0 Å². The molecule has 0 heterocycles. The monoisotopic (exact) mass is 359 g/mol. The zero-order valence-electron chi connectivity index (χ0n) is 17.7. The van der Waals surface area contributed by atoms with Gasteiger partial charge >= 0.3 is 0 Å². The molecule has 0 saturated heterocycles. The average Bonchev–Trinajstić information content (AvgIpc) is 2.69. The van der Waals surface area contributed by atoms with Crippen LogP contribution < -0.4 is 0 Å². The molecule has 1 heteroatoms. The molecule has 0 aliphatic heterocycles. The largest absolute Gasteiger partial charge is 0.198 e.